The van der Waals surface area contributed by atoms with Gasteiger partial charge in [0, 0.05) is 34.0 Å². The molecule has 0 unspecified atom stereocenters. The zero-order chi connectivity index (χ0) is 31.6. The summed E-state index contributed by atoms with van der Waals surface area (Å²) in [5.41, 5.74) is -2.86. The molecule has 5 fully saturated rings. The molecule has 9 heteroatoms. The normalized spacial score (nSPS) is 44.9. The number of aliphatic hydroxyl groups is 1. The largest absolute Gasteiger partial charge is 0.440 e. The van der Waals surface area contributed by atoms with Crippen LogP contribution in [0.2, 0.25) is 0 Å². The van der Waals surface area contributed by atoms with Crippen molar-refractivity contribution in [2.45, 2.75) is 95.6 Å². The molecular weight excluding hydrogens is 583 g/mol. The van der Waals surface area contributed by atoms with Crippen LogP contribution in [0.4, 0.5) is 18.0 Å². The highest BCUT2D eigenvalue weighted by atomic mass is 19.4. The number of carbonyl (C=O) groups is 2. The smallest absolute Gasteiger partial charge is 0.416 e. The molecule has 1 N–H and O–H groups in total. The van der Waals surface area contributed by atoms with E-state index in [9.17, 15) is 27.9 Å². The van der Waals surface area contributed by atoms with E-state index in [1.165, 1.54) is 12.1 Å². The lowest BCUT2D eigenvalue weighted by molar-refractivity contribution is -0.164. The maximum atomic E-state index is 14.6. The van der Waals surface area contributed by atoms with Crippen molar-refractivity contribution in [3.05, 3.63) is 59.2 Å². The number of fused-ring (bicyclic) bond motifs is 2. The Morgan fingerprint density at radius 2 is 1.80 bits per heavy atom. The Balaban J connectivity index is 1.23. The zero-order valence-corrected chi connectivity index (χ0v) is 26.0. The summed E-state index contributed by atoms with van der Waals surface area (Å²) in [6, 6.07) is 4.78. The molecule has 9 rings (SSSR count). The number of halogens is 3. The van der Waals surface area contributed by atoms with Gasteiger partial charge >= 0.3 is 12.3 Å². The van der Waals surface area contributed by atoms with Crippen LogP contribution in [-0.4, -0.2) is 59.4 Å². The lowest BCUT2D eigenvalue weighted by Gasteiger charge is -2.71. The molecule has 8 aliphatic rings. The molecule has 2 heterocycles. The number of ketones is 1. The summed E-state index contributed by atoms with van der Waals surface area (Å²) in [6.45, 7) is 6.23. The summed E-state index contributed by atoms with van der Waals surface area (Å²) >= 11 is 0. The van der Waals surface area contributed by atoms with Crippen LogP contribution in [0, 0.1) is 33.5 Å². The van der Waals surface area contributed by atoms with Crippen LogP contribution in [0.1, 0.15) is 87.6 Å². The molecule has 6 nitrogen and oxygen atoms in total. The molecule has 0 aromatic heterocycles. The molecule has 45 heavy (non-hydrogen) atoms. The van der Waals surface area contributed by atoms with Crippen molar-refractivity contribution >= 4 is 11.9 Å². The first-order valence-electron chi connectivity index (χ1n) is 16.7. The Hall–Kier alpha value is -2.65. The van der Waals surface area contributed by atoms with Crippen molar-refractivity contribution < 1.29 is 37.3 Å². The first kappa shape index (κ1) is 29.7. The SMILES string of the molecule is C[C@]12CC[C@H]3[C@]4(C=C[C@@]5(C=C4C(=O)c4cccc(C(F)(F)F)c4)C[C@@H](O)CC[C@]35C)[C@@H]1CC[C@@]21CN(C[C@H]2CCCO2)C(=O)O1. The summed E-state index contributed by atoms with van der Waals surface area (Å²) in [7, 11) is 0. The molecule has 0 radical (unpaired) electrons. The van der Waals surface area contributed by atoms with E-state index in [4.69, 9.17) is 9.47 Å². The summed E-state index contributed by atoms with van der Waals surface area (Å²) in [6.07, 6.45) is 8.08. The molecule has 6 aliphatic carbocycles. The van der Waals surface area contributed by atoms with Crippen LogP contribution in [0.3, 0.4) is 0 Å². The molecule has 2 aliphatic heterocycles. The van der Waals surface area contributed by atoms with Crippen molar-refractivity contribution in [3.63, 3.8) is 0 Å². The molecule has 3 spiro atoms. The molecule has 1 aromatic rings. The number of ether oxygens (including phenoxy) is 2. The number of rotatable bonds is 4. The predicted octanol–water partition coefficient (Wildman–Crippen LogP) is 7.12. The zero-order valence-electron chi connectivity index (χ0n) is 26.0. The van der Waals surface area contributed by atoms with Gasteiger partial charge < -0.3 is 19.5 Å². The fraction of sp³-hybridized carbons (Fsp3) is 0.667. The standard InChI is InChI=1S/C36H42F3NO5/c1-31-11-8-24(41)18-33(31)14-15-35(26(19-33)29(42)22-5-3-6-23(17-22)36(37,38)39)27(31)9-12-32(2)28(35)10-13-34(32)21-40(30(43)45-34)20-25-7-4-16-44-25/h3,5-6,14-15,17,19,24-25,27-28,41H,4,7-13,16,18,20-21H2,1-2H3/t24-,25+,27+,28+,31+,32-,33-,34+,35+/m0/s1. The van der Waals surface area contributed by atoms with Gasteiger partial charge in [0.25, 0.3) is 0 Å². The first-order chi connectivity index (χ1) is 21.3. The Kier molecular flexibility index (Phi) is 6.25. The number of carbonyl (C=O) groups excluding carboxylic acids is 2. The van der Waals surface area contributed by atoms with E-state index in [-0.39, 0.29) is 40.8 Å². The number of benzene rings is 1. The molecule has 242 valence electrons. The number of nitrogens with zero attached hydrogens (tertiary/aromatic N) is 1. The van der Waals surface area contributed by atoms with Crippen molar-refractivity contribution in [1.82, 2.24) is 4.90 Å². The van der Waals surface area contributed by atoms with Gasteiger partial charge in [-0.25, -0.2) is 4.79 Å². The van der Waals surface area contributed by atoms with Gasteiger partial charge in [0.2, 0.25) is 0 Å². The Bertz CT molecular complexity index is 1520. The van der Waals surface area contributed by atoms with E-state index in [1.807, 2.05) is 4.90 Å². The average molecular weight is 626 g/mol. The number of allylic oxidation sites excluding steroid dienone is 4. The van der Waals surface area contributed by atoms with Crippen LogP contribution < -0.4 is 0 Å². The van der Waals surface area contributed by atoms with Gasteiger partial charge in [-0.2, -0.15) is 13.2 Å². The maximum Gasteiger partial charge on any atom is 0.416 e. The second-order valence-electron chi connectivity index (χ2n) is 15.6. The second-order valence-corrected chi connectivity index (χ2v) is 15.6. The van der Waals surface area contributed by atoms with Crippen molar-refractivity contribution in [1.29, 1.82) is 0 Å². The first-order valence-corrected chi connectivity index (χ1v) is 16.7. The Morgan fingerprint density at radius 3 is 2.56 bits per heavy atom. The number of hydrogen-bond donors (Lipinski definition) is 1. The van der Waals surface area contributed by atoms with E-state index in [0.29, 0.717) is 44.5 Å². The Morgan fingerprint density at radius 1 is 1.04 bits per heavy atom. The maximum absolute atomic E-state index is 14.6. The molecule has 1 amide bonds. The molecule has 1 aromatic carbocycles. The van der Waals surface area contributed by atoms with Crippen LogP contribution in [-0.2, 0) is 15.7 Å². The third-order valence-electron chi connectivity index (χ3n) is 13.8. The quantitative estimate of drug-likeness (QED) is 0.285. The average Bonchev–Trinajstić information content (AvgIpc) is 3.70. The minimum atomic E-state index is -4.56. The summed E-state index contributed by atoms with van der Waals surface area (Å²) < 4.78 is 53.6. The second kappa shape index (κ2) is 9.46. The van der Waals surface area contributed by atoms with E-state index >= 15 is 0 Å². The molecule has 3 saturated carbocycles. The number of hydrogen-bond acceptors (Lipinski definition) is 5. The number of amides is 1. The third kappa shape index (κ3) is 3.83. The highest BCUT2D eigenvalue weighted by molar-refractivity contribution is 6.10. The Labute approximate surface area is 262 Å². The van der Waals surface area contributed by atoms with Crippen molar-refractivity contribution in [3.8, 4) is 0 Å². The lowest BCUT2D eigenvalue weighted by atomic mass is 9.32. The highest BCUT2D eigenvalue weighted by Gasteiger charge is 2.76. The predicted molar refractivity (Wildman–Crippen MR) is 159 cm³/mol. The van der Waals surface area contributed by atoms with E-state index < -0.39 is 39.7 Å². The van der Waals surface area contributed by atoms with Gasteiger partial charge in [0.05, 0.1) is 30.9 Å². The number of aliphatic hydroxyl groups excluding tert-OH is 1. The fourth-order valence-electron chi connectivity index (χ4n) is 11.6. The molecule has 2 bridgehead atoms. The van der Waals surface area contributed by atoms with E-state index in [2.05, 4.69) is 32.1 Å². The van der Waals surface area contributed by atoms with Crippen LogP contribution in [0.5, 0.6) is 0 Å². The van der Waals surface area contributed by atoms with Gasteiger partial charge in [0.1, 0.15) is 5.60 Å². The summed E-state index contributed by atoms with van der Waals surface area (Å²) in [4.78, 5) is 29.8. The van der Waals surface area contributed by atoms with E-state index in [1.54, 1.807) is 0 Å². The highest BCUT2D eigenvalue weighted by Crippen LogP contribution is 2.79. The van der Waals surface area contributed by atoms with Gasteiger partial charge in [0.15, 0.2) is 5.78 Å². The molecule has 9 atom stereocenters. The number of Topliss-reactive ketones (excluding diaryl/α,β-unsaturated/α-hetero) is 1. The topological polar surface area (TPSA) is 76.1 Å². The molecular formula is C36H42F3NO5. The lowest BCUT2D eigenvalue weighted by Crippen LogP contribution is -2.67. The third-order valence-corrected chi connectivity index (χ3v) is 13.8. The molecule has 2 saturated heterocycles. The van der Waals surface area contributed by atoms with Crippen LogP contribution in [0.15, 0.2) is 48.1 Å². The van der Waals surface area contributed by atoms with Crippen molar-refractivity contribution in [2.24, 2.45) is 33.5 Å². The van der Waals surface area contributed by atoms with Gasteiger partial charge in [-0.1, -0.05) is 44.2 Å². The van der Waals surface area contributed by atoms with Gasteiger partial charge in [-0.15, -0.1) is 0 Å². The van der Waals surface area contributed by atoms with Crippen LogP contribution >= 0.6 is 0 Å². The van der Waals surface area contributed by atoms with E-state index in [0.717, 1.165) is 50.7 Å². The summed E-state index contributed by atoms with van der Waals surface area (Å²) in [5.74, 6) is -0.338. The minimum Gasteiger partial charge on any atom is -0.440 e. The number of alkyl halides is 3. The van der Waals surface area contributed by atoms with Gasteiger partial charge in [-0.05, 0) is 87.2 Å². The monoisotopic (exact) mass is 625 g/mol. The van der Waals surface area contributed by atoms with Gasteiger partial charge in [-0.3, -0.25) is 4.79 Å². The summed E-state index contributed by atoms with van der Waals surface area (Å²) in [5, 5.41) is 10.9. The minimum absolute atomic E-state index is 0.0148. The van der Waals surface area contributed by atoms with Crippen LogP contribution in [0.25, 0.3) is 0 Å². The fourth-order valence-corrected chi connectivity index (χ4v) is 11.6. The van der Waals surface area contributed by atoms with Crippen molar-refractivity contribution in [2.75, 3.05) is 19.7 Å².